The molecule has 0 radical (unpaired) electrons. The number of hydrogen-bond acceptors (Lipinski definition) is 4. The average molecular weight is 486 g/mol. The zero-order valence-corrected chi connectivity index (χ0v) is 19.2. The van der Waals surface area contributed by atoms with E-state index in [4.69, 9.17) is 9.26 Å². The van der Waals surface area contributed by atoms with Crippen LogP contribution in [0.1, 0.15) is 50.6 Å². The lowest BCUT2D eigenvalue weighted by Gasteiger charge is -2.22. The van der Waals surface area contributed by atoms with E-state index in [9.17, 15) is 0 Å². The molecule has 27 heavy (non-hydrogen) atoms. The molecule has 6 nitrogen and oxygen atoms in total. The van der Waals surface area contributed by atoms with E-state index in [2.05, 4.69) is 53.3 Å². The van der Waals surface area contributed by atoms with E-state index < -0.39 is 0 Å². The maximum atomic E-state index is 5.49. The largest absolute Gasteiger partial charge is 0.494 e. The van der Waals surface area contributed by atoms with Gasteiger partial charge in [0.25, 0.3) is 0 Å². The first kappa shape index (κ1) is 23.3. The normalized spacial score (nSPS) is 11.3. The molecule has 0 saturated carbocycles. The van der Waals surface area contributed by atoms with Crippen molar-refractivity contribution in [2.75, 3.05) is 20.2 Å². The molecular weight excluding hydrogens is 455 g/mol. The van der Waals surface area contributed by atoms with Gasteiger partial charge >= 0.3 is 0 Å². The maximum Gasteiger partial charge on any atom is 0.194 e. The SMILES string of the molecule is CCNC(=NCc1cc(C(C)C)no1)N(C)Cc1ccc(OCC)cc1.I. The molecule has 2 aromatic rings. The Bertz CT molecular complexity index is 698. The van der Waals surface area contributed by atoms with Crippen molar-refractivity contribution in [1.82, 2.24) is 15.4 Å². The number of ether oxygens (including phenoxy) is 1. The Morgan fingerprint density at radius 3 is 2.52 bits per heavy atom. The number of aliphatic imine (C=N–C) groups is 1. The summed E-state index contributed by atoms with van der Waals surface area (Å²) in [4.78, 5) is 6.77. The second-order valence-electron chi connectivity index (χ2n) is 6.48. The standard InChI is InChI=1S/C20H30N4O2.HI/c1-6-21-20(22-13-18-12-19(15(3)4)23-26-18)24(5)14-16-8-10-17(11-9-16)25-7-2;/h8-12,15H,6-7,13-14H2,1-5H3,(H,21,22);1H. The highest BCUT2D eigenvalue weighted by Gasteiger charge is 2.10. The molecule has 1 aromatic carbocycles. The molecule has 0 saturated heterocycles. The fourth-order valence-corrected chi connectivity index (χ4v) is 2.50. The Hall–Kier alpha value is -1.77. The van der Waals surface area contributed by atoms with Gasteiger partial charge in [-0.15, -0.1) is 24.0 Å². The van der Waals surface area contributed by atoms with Gasteiger partial charge in [0, 0.05) is 26.2 Å². The first-order chi connectivity index (χ1) is 12.5. The Morgan fingerprint density at radius 2 is 1.96 bits per heavy atom. The minimum atomic E-state index is 0. The fourth-order valence-electron chi connectivity index (χ4n) is 2.50. The first-order valence-electron chi connectivity index (χ1n) is 9.20. The molecule has 2 rings (SSSR count). The average Bonchev–Trinajstić information content (AvgIpc) is 3.10. The first-order valence-corrected chi connectivity index (χ1v) is 9.20. The van der Waals surface area contributed by atoms with Crippen LogP contribution in [0.2, 0.25) is 0 Å². The summed E-state index contributed by atoms with van der Waals surface area (Å²) < 4.78 is 10.9. The summed E-state index contributed by atoms with van der Waals surface area (Å²) >= 11 is 0. The van der Waals surface area contributed by atoms with Crippen LogP contribution in [0.25, 0.3) is 0 Å². The van der Waals surface area contributed by atoms with Gasteiger partial charge in [-0.3, -0.25) is 0 Å². The highest BCUT2D eigenvalue weighted by atomic mass is 127. The van der Waals surface area contributed by atoms with Crippen LogP contribution in [0, 0.1) is 0 Å². The molecule has 0 spiro atoms. The lowest BCUT2D eigenvalue weighted by molar-refractivity contribution is 0.340. The van der Waals surface area contributed by atoms with E-state index in [1.807, 2.05) is 32.2 Å². The Labute approximate surface area is 179 Å². The molecule has 0 aliphatic heterocycles. The van der Waals surface area contributed by atoms with Crippen LogP contribution < -0.4 is 10.1 Å². The van der Waals surface area contributed by atoms with E-state index in [0.717, 1.165) is 36.3 Å². The van der Waals surface area contributed by atoms with Gasteiger partial charge in [-0.25, -0.2) is 4.99 Å². The molecule has 0 atom stereocenters. The van der Waals surface area contributed by atoms with Gasteiger partial charge in [0.15, 0.2) is 11.7 Å². The van der Waals surface area contributed by atoms with E-state index in [1.54, 1.807) is 0 Å². The molecule has 0 aliphatic carbocycles. The van der Waals surface area contributed by atoms with Crippen molar-refractivity contribution in [3.8, 4) is 5.75 Å². The molecule has 1 aromatic heterocycles. The number of nitrogens with one attached hydrogen (secondary N) is 1. The van der Waals surface area contributed by atoms with Gasteiger partial charge in [0.2, 0.25) is 0 Å². The van der Waals surface area contributed by atoms with Crippen molar-refractivity contribution in [1.29, 1.82) is 0 Å². The van der Waals surface area contributed by atoms with Crippen molar-refractivity contribution in [2.24, 2.45) is 4.99 Å². The third kappa shape index (κ3) is 7.40. The second kappa shape index (κ2) is 11.8. The zero-order chi connectivity index (χ0) is 18.9. The zero-order valence-electron chi connectivity index (χ0n) is 16.9. The molecular formula is C20H31IN4O2. The molecule has 0 bridgehead atoms. The van der Waals surface area contributed by atoms with Crippen LogP contribution in [-0.4, -0.2) is 36.2 Å². The van der Waals surface area contributed by atoms with Crippen molar-refractivity contribution in [2.45, 2.75) is 46.7 Å². The summed E-state index contributed by atoms with van der Waals surface area (Å²) in [5.74, 6) is 2.86. The van der Waals surface area contributed by atoms with Crippen molar-refractivity contribution in [3.63, 3.8) is 0 Å². The van der Waals surface area contributed by atoms with E-state index in [0.29, 0.717) is 19.1 Å². The van der Waals surface area contributed by atoms with Crippen molar-refractivity contribution >= 4 is 29.9 Å². The highest BCUT2D eigenvalue weighted by molar-refractivity contribution is 14.0. The Balaban J connectivity index is 0.00000364. The lowest BCUT2D eigenvalue weighted by Crippen LogP contribution is -2.38. The van der Waals surface area contributed by atoms with E-state index in [1.165, 1.54) is 5.56 Å². The topological polar surface area (TPSA) is 62.9 Å². The van der Waals surface area contributed by atoms with Gasteiger partial charge in [-0.2, -0.15) is 0 Å². The third-order valence-corrected chi connectivity index (χ3v) is 3.90. The molecule has 0 amide bonds. The number of benzene rings is 1. The van der Waals surface area contributed by atoms with Crippen molar-refractivity contribution < 1.29 is 9.26 Å². The lowest BCUT2D eigenvalue weighted by atomic mass is 10.1. The van der Waals surface area contributed by atoms with Gasteiger partial charge < -0.3 is 19.5 Å². The van der Waals surface area contributed by atoms with E-state index >= 15 is 0 Å². The van der Waals surface area contributed by atoms with Crippen LogP contribution in [0.15, 0.2) is 39.8 Å². The monoisotopic (exact) mass is 486 g/mol. The van der Waals surface area contributed by atoms with Crippen LogP contribution >= 0.6 is 24.0 Å². The second-order valence-corrected chi connectivity index (χ2v) is 6.48. The number of rotatable bonds is 8. The minimum Gasteiger partial charge on any atom is -0.494 e. The van der Waals surface area contributed by atoms with Gasteiger partial charge in [-0.1, -0.05) is 31.1 Å². The molecule has 0 unspecified atom stereocenters. The van der Waals surface area contributed by atoms with Gasteiger partial charge in [0.1, 0.15) is 12.3 Å². The minimum absolute atomic E-state index is 0. The van der Waals surface area contributed by atoms with E-state index in [-0.39, 0.29) is 24.0 Å². The van der Waals surface area contributed by atoms with Crippen LogP contribution in [0.5, 0.6) is 5.75 Å². The molecule has 1 heterocycles. The summed E-state index contributed by atoms with van der Waals surface area (Å²) in [6.45, 7) is 10.9. The van der Waals surface area contributed by atoms with Crippen LogP contribution in [0.3, 0.4) is 0 Å². The predicted molar refractivity (Wildman–Crippen MR) is 120 cm³/mol. The van der Waals surface area contributed by atoms with Gasteiger partial charge in [-0.05, 0) is 37.5 Å². The van der Waals surface area contributed by atoms with Crippen molar-refractivity contribution in [3.05, 3.63) is 47.3 Å². The summed E-state index contributed by atoms with van der Waals surface area (Å²) in [5.41, 5.74) is 2.16. The Kier molecular flexibility index (Phi) is 10.2. The molecule has 0 fully saturated rings. The third-order valence-electron chi connectivity index (χ3n) is 3.90. The number of guanidine groups is 1. The summed E-state index contributed by atoms with van der Waals surface area (Å²) in [7, 11) is 2.03. The number of aromatic nitrogens is 1. The molecule has 0 aliphatic rings. The highest BCUT2D eigenvalue weighted by Crippen LogP contribution is 2.15. The number of hydrogen-bond donors (Lipinski definition) is 1. The summed E-state index contributed by atoms with van der Waals surface area (Å²) in [5, 5.41) is 7.41. The maximum absolute atomic E-state index is 5.49. The summed E-state index contributed by atoms with van der Waals surface area (Å²) in [6.07, 6.45) is 0. The van der Waals surface area contributed by atoms with Crippen LogP contribution in [0.4, 0.5) is 0 Å². The number of halogens is 1. The smallest absolute Gasteiger partial charge is 0.194 e. The quantitative estimate of drug-likeness (QED) is 0.340. The predicted octanol–water partition coefficient (Wildman–Crippen LogP) is 4.41. The fraction of sp³-hybridized carbons (Fsp3) is 0.500. The molecule has 1 N–H and O–H groups in total. The summed E-state index contributed by atoms with van der Waals surface area (Å²) in [6, 6.07) is 10.1. The van der Waals surface area contributed by atoms with Gasteiger partial charge in [0.05, 0.1) is 12.3 Å². The van der Waals surface area contributed by atoms with Crippen LogP contribution in [-0.2, 0) is 13.1 Å². The number of nitrogens with zero attached hydrogens (tertiary/aromatic N) is 3. The molecule has 7 heteroatoms. The Morgan fingerprint density at radius 1 is 1.26 bits per heavy atom. The molecule has 150 valence electrons.